The smallest absolute Gasteiger partial charge is 0.119 e. The standard InChI is InChI=1S/C13H19NO/c1-15-12-7-2-4-10(8-12)9-13(14)11-5-3-6-11/h2,4,7-8,11,13H,3,5-6,9,14H2,1H3/t13-/m1/s1. The number of hydrogen-bond donors (Lipinski definition) is 1. The maximum Gasteiger partial charge on any atom is 0.119 e. The third kappa shape index (κ3) is 2.51. The molecule has 0 aromatic heterocycles. The van der Waals surface area contributed by atoms with E-state index in [0.717, 1.165) is 18.1 Å². The van der Waals surface area contributed by atoms with Gasteiger partial charge in [0.2, 0.25) is 0 Å². The van der Waals surface area contributed by atoms with Crippen LogP contribution in [-0.4, -0.2) is 13.2 Å². The van der Waals surface area contributed by atoms with E-state index < -0.39 is 0 Å². The Hall–Kier alpha value is -1.02. The van der Waals surface area contributed by atoms with E-state index in [0.29, 0.717) is 6.04 Å². The van der Waals surface area contributed by atoms with E-state index in [9.17, 15) is 0 Å². The molecule has 15 heavy (non-hydrogen) atoms. The highest BCUT2D eigenvalue weighted by Gasteiger charge is 2.24. The molecule has 0 radical (unpaired) electrons. The van der Waals surface area contributed by atoms with Gasteiger partial charge in [0.25, 0.3) is 0 Å². The Balaban J connectivity index is 1.96. The molecule has 1 saturated carbocycles. The van der Waals surface area contributed by atoms with E-state index in [2.05, 4.69) is 12.1 Å². The van der Waals surface area contributed by atoms with E-state index in [4.69, 9.17) is 10.5 Å². The van der Waals surface area contributed by atoms with Gasteiger partial charge in [0.1, 0.15) is 5.75 Å². The van der Waals surface area contributed by atoms with E-state index in [1.165, 1.54) is 24.8 Å². The fourth-order valence-electron chi connectivity index (χ4n) is 2.11. The van der Waals surface area contributed by atoms with Gasteiger partial charge in [0.15, 0.2) is 0 Å². The van der Waals surface area contributed by atoms with Crippen LogP contribution in [0.4, 0.5) is 0 Å². The van der Waals surface area contributed by atoms with Crippen LogP contribution in [0.25, 0.3) is 0 Å². The molecule has 2 N–H and O–H groups in total. The maximum atomic E-state index is 6.16. The van der Waals surface area contributed by atoms with Crippen LogP contribution in [0.3, 0.4) is 0 Å². The van der Waals surface area contributed by atoms with Gasteiger partial charge in [-0.05, 0) is 42.9 Å². The Labute approximate surface area is 91.4 Å². The lowest BCUT2D eigenvalue weighted by atomic mass is 9.78. The lowest BCUT2D eigenvalue weighted by Gasteiger charge is -2.31. The first-order valence-corrected chi connectivity index (χ1v) is 5.68. The zero-order valence-corrected chi connectivity index (χ0v) is 9.28. The van der Waals surface area contributed by atoms with Gasteiger partial charge in [-0.3, -0.25) is 0 Å². The van der Waals surface area contributed by atoms with Gasteiger partial charge in [-0.2, -0.15) is 0 Å². The second kappa shape index (κ2) is 4.67. The predicted octanol–water partition coefficient (Wildman–Crippen LogP) is 2.37. The van der Waals surface area contributed by atoms with Crippen molar-refractivity contribution in [2.75, 3.05) is 7.11 Å². The second-order valence-electron chi connectivity index (χ2n) is 4.41. The Morgan fingerprint density at radius 2 is 2.27 bits per heavy atom. The summed E-state index contributed by atoms with van der Waals surface area (Å²) in [5, 5.41) is 0. The molecular weight excluding hydrogens is 186 g/mol. The van der Waals surface area contributed by atoms with Gasteiger partial charge in [-0.15, -0.1) is 0 Å². The first-order chi connectivity index (χ1) is 7.29. The number of hydrogen-bond acceptors (Lipinski definition) is 2. The molecule has 0 aliphatic heterocycles. The zero-order chi connectivity index (χ0) is 10.7. The summed E-state index contributed by atoms with van der Waals surface area (Å²) in [7, 11) is 1.70. The predicted molar refractivity (Wildman–Crippen MR) is 62.0 cm³/mol. The SMILES string of the molecule is COc1cccc(C[C@@H](N)C2CCC2)c1. The van der Waals surface area contributed by atoms with E-state index in [1.54, 1.807) is 7.11 Å². The molecule has 2 rings (SSSR count). The van der Waals surface area contributed by atoms with Crippen LogP contribution in [0.1, 0.15) is 24.8 Å². The van der Waals surface area contributed by atoms with Crippen LogP contribution in [0, 0.1) is 5.92 Å². The van der Waals surface area contributed by atoms with Crippen molar-refractivity contribution < 1.29 is 4.74 Å². The summed E-state index contributed by atoms with van der Waals surface area (Å²) in [5.74, 6) is 1.67. The Morgan fingerprint density at radius 1 is 1.47 bits per heavy atom. The van der Waals surface area contributed by atoms with Crippen LogP contribution < -0.4 is 10.5 Å². The summed E-state index contributed by atoms with van der Waals surface area (Å²) in [6.07, 6.45) is 4.95. The molecule has 1 aliphatic carbocycles. The van der Waals surface area contributed by atoms with Crippen molar-refractivity contribution in [1.29, 1.82) is 0 Å². The first kappa shape index (κ1) is 10.5. The van der Waals surface area contributed by atoms with Crippen molar-refractivity contribution in [2.24, 2.45) is 11.7 Å². The average Bonchev–Trinajstić information content (AvgIpc) is 2.15. The summed E-state index contributed by atoms with van der Waals surface area (Å²) in [6, 6.07) is 8.53. The van der Waals surface area contributed by atoms with Gasteiger partial charge in [-0.25, -0.2) is 0 Å². The van der Waals surface area contributed by atoms with Crippen LogP contribution in [0.5, 0.6) is 5.75 Å². The molecule has 1 fully saturated rings. The summed E-state index contributed by atoms with van der Waals surface area (Å²) in [4.78, 5) is 0. The first-order valence-electron chi connectivity index (χ1n) is 5.68. The number of benzene rings is 1. The fourth-order valence-corrected chi connectivity index (χ4v) is 2.11. The van der Waals surface area contributed by atoms with Crippen LogP contribution >= 0.6 is 0 Å². The second-order valence-corrected chi connectivity index (χ2v) is 4.41. The summed E-state index contributed by atoms with van der Waals surface area (Å²) < 4.78 is 5.20. The minimum Gasteiger partial charge on any atom is -0.497 e. The van der Waals surface area contributed by atoms with Crippen molar-refractivity contribution in [3.05, 3.63) is 29.8 Å². The van der Waals surface area contributed by atoms with E-state index in [1.807, 2.05) is 12.1 Å². The fraction of sp³-hybridized carbons (Fsp3) is 0.538. The zero-order valence-electron chi connectivity index (χ0n) is 9.28. The lowest BCUT2D eigenvalue weighted by Crippen LogP contribution is -2.36. The Bertz CT molecular complexity index is 320. The van der Waals surface area contributed by atoms with Crippen molar-refractivity contribution in [3.63, 3.8) is 0 Å². The molecule has 0 amide bonds. The van der Waals surface area contributed by atoms with Crippen molar-refractivity contribution in [3.8, 4) is 5.75 Å². The van der Waals surface area contributed by atoms with Crippen LogP contribution in [0.15, 0.2) is 24.3 Å². The number of rotatable bonds is 4. The normalized spacial score (nSPS) is 18.3. The number of nitrogens with two attached hydrogens (primary N) is 1. The molecule has 2 nitrogen and oxygen atoms in total. The summed E-state index contributed by atoms with van der Waals surface area (Å²) in [5.41, 5.74) is 7.45. The van der Waals surface area contributed by atoms with Gasteiger partial charge >= 0.3 is 0 Å². The molecule has 82 valence electrons. The monoisotopic (exact) mass is 205 g/mol. The van der Waals surface area contributed by atoms with Gasteiger partial charge < -0.3 is 10.5 Å². The molecular formula is C13H19NO. The molecule has 1 aliphatic rings. The average molecular weight is 205 g/mol. The molecule has 0 spiro atoms. The van der Waals surface area contributed by atoms with Crippen molar-refractivity contribution in [1.82, 2.24) is 0 Å². The van der Waals surface area contributed by atoms with Gasteiger partial charge in [0, 0.05) is 6.04 Å². The molecule has 0 bridgehead atoms. The molecule has 0 heterocycles. The summed E-state index contributed by atoms with van der Waals surface area (Å²) >= 11 is 0. The number of ether oxygens (including phenoxy) is 1. The van der Waals surface area contributed by atoms with Crippen LogP contribution in [-0.2, 0) is 6.42 Å². The van der Waals surface area contributed by atoms with Crippen molar-refractivity contribution >= 4 is 0 Å². The highest BCUT2D eigenvalue weighted by atomic mass is 16.5. The quantitative estimate of drug-likeness (QED) is 0.819. The Morgan fingerprint density at radius 3 is 2.87 bits per heavy atom. The third-order valence-corrected chi connectivity index (χ3v) is 3.36. The minimum absolute atomic E-state index is 0.325. The lowest BCUT2D eigenvalue weighted by molar-refractivity contribution is 0.260. The molecule has 0 saturated heterocycles. The molecule has 1 aromatic rings. The highest BCUT2D eigenvalue weighted by molar-refractivity contribution is 5.29. The topological polar surface area (TPSA) is 35.2 Å². The molecule has 1 aromatic carbocycles. The minimum atomic E-state index is 0.325. The van der Waals surface area contributed by atoms with Gasteiger partial charge in [-0.1, -0.05) is 18.6 Å². The van der Waals surface area contributed by atoms with Gasteiger partial charge in [0.05, 0.1) is 7.11 Å². The molecule has 0 unspecified atom stereocenters. The largest absolute Gasteiger partial charge is 0.497 e. The summed E-state index contributed by atoms with van der Waals surface area (Å²) in [6.45, 7) is 0. The van der Waals surface area contributed by atoms with Crippen LogP contribution in [0.2, 0.25) is 0 Å². The highest BCUT2D eigenvalue weighted by Crippen LogP contribution is 2.30. The Kier molecular flexibility index (Phi) is 3.27. The molecule has 2 heteroatoms. The maximum absolute atomic E-state index is 6.16. The van der Waals surface area contributed by atoms with Crippen molar-refractivity contribution in [2.45, 2.75) is 31.7 Å². The third-order valence-electron chi connectivity index (χ3n) is 3.36. The van der Waals surface area contributed by atoms with E-state index >= 15 is 0 Å². The molecule has 1 atom stereocenters. The van der Waals surface area contributed by atoms with E-state index in [-0.39, 0.29) is 0 Å². The number of methoxy groups -OCH3 is 1.